The molecule has 44 nitrogen and oxygen atoms in total. The van der Waals surface area contributed by atoms with Crippen molar-refractivity contribution in [3.05, 3.63) is 114 Å². The van der Waals surface area contributed by atoms with Crippen molar-refractivity contribution in [2.75, 3.05) is 204 Å². The zero-order valence-corrected chi connectivity index (χ0v) is 78.0. The number of guanidine groups is 2. The maximum absolute atomic E-state index is 10.9. The van der Waals surface area contributed by atoms with Crippen molar-refractivity contribution in [2.45, 2.75) is 47.0 Å². The van der Waals surface area contributed by atoms with Crippen molar-refractivity contribution in [3.8, 4) is 11.5 Å². The van der Waals surface area contributed by atoms with E-state index in [9.17, 15) is 39.6 Å². The van der Waals surface area contributed by atoms with E-state index in [1.165, 1.54) is 28.6 Å². The Kier molecular flexibility index (Phi) is 73.8. The molecule has 4 aromatic rings. The molecule has 0 aromatic heterocycles. The van der Waals surface area contributed by atoms with Crippen LogP contribution in [0.5, 0.6) is 11.5 Å². The van der Waals surface area contributed by atoms with Gasteiger partial charge in [-0.1, -0.05) is 54.6 Å². The molecule has 4 aromatic carbocycles. The van der Waals surface area contributed by atoms with E-state index in [0.29, 0.717) is 134 Å². The summed E-state index contributed by atoms with van der Waals surface area (Å²) in [7, 11) is -27.0. The Morgan fingerprint density at radius 3 is 1.24 bits per heavy atom. The number of quaternary nitrogens is 2. The Hall–Kier alpha value is -6.53. The van der Waals surface area contributed by atoms with Crippen LogP contribution in [0.25, 0.3) is 0 Å². The van der Waals surface area contributed by atoms with Crippen molar-refractivity contribution in [3.63, 3.8) is 0 Å². The number of methoxy groups -OCH3 is 1. The molecule has 53 heteroatoms. The van der Waals surface area contributed by atoms with Gasteiger partial charge in [-0.05, 0) is 86.3 Å². The third kappa shape index (κ3) is 108. The van der Waals surface area contributed by atoms with Crippen LogP contribution < -0.4 is 86.9 Å². The average Bonchev–Trinajstić information content (AvgIpc) is 1.48. The molecule has 0 aliphatic carbocycles. The Balaban J connectivity index is -0.000000232. The molecule has 0 saturated carbocycles. The van der Waals surface area contributed by atoms with Crippen LogP contribution in [0.4, 0.5) is 17.1 Å². The molecular weight excluding hydrogens is 1750 g/mol. The summed E-state index contributed by atoms with van der Waals surface area (Å²) in [6.07, 6.45) is 8.47. The molecule has 0 radical (unpaired) electrons. The number of aryl methyl sites for hydroxylation is 2. The van der Waals surface area contributed by atoms with Crippen LogP contribution in [0.1, 0.15) is 44.2 Å². The number of likely N-dealkylation sites (tertiary alicyclic amines) is 1. The Morgan fingerprint density at radius 2 is 0.941 bits per heavy atom. The third-order valence-electron chi connectivity index (χ3n) is 12.6. The molecule has 4 fully saturated rings. The fourth-order valence-electron chi connectivity index (χ4n) is 7.82. The number of hydrogen-bond acceptors (Lipinski definition) is 32. The summed E-state index contributed by atoms with van der Waals surface area (Å²) in [5.41, 5.74) is 20.1. The van der Waals surface area contributed by atoms with Crippen molar-refractivity contribution in [1.29, 1.82) is 0 Å². The van der Waals surface area contributed by atoms with Gasteiger partial charge in [0.15, 0.2) is 0 Å². The number of carbonyl (C=O) groups excluding carboxylic acids is 3. The van der Waals surface area contributed by atoms with E-state index in [1.807, 2.05) is 68.4 Å². The van der Waals surface area contributed by atoms with Crippen LogP contribution in [-0.4, -0.2) is 344 Å². The Labute approximate surface area is 723 Å². The number of imide groups is 1. The first kappa shape index (κ1) is 126. The number of carbonyl (C=O) groups is 3. The number of para-hydroxylation sites is 3. The summed E-state index contributed by atoms with van der Waals surface area (Å²) in [6, 6.07) is 32.0. The van der Waals surface area contributed by atoms with E-state index in [0.717, 1.165) is 85.2 Å². The van der Waals surface area contributed by atoms with E-state index in [1.54, 1.807) is 67.5 Å². The van der Waals surface area contributed by atoms with Gasteiger partial charge in [-0.15, -0.1) is 0 Å². The molecule has 686 valence electrons. The van der Waals surface area contributed by atoms with Gasteiger partial charge in [0.1, 0.15) is 52.3 Å². The standard InChI is InChI=1S/C15H17N3.C11H16O4S.C7H9NO2S.C6H15NO3.C6H11NO2.C6H9NO2.C5H11NO3S.C4H9NO.CH5N3.5CH4O3S.Na/c1-11-7-3-5-9-13(11)17-15(16)18-14-10-6-4-8-12(14)2;1-14-10-4-6-11(7-5-10)15-8-3-9-16(2,12)13;1-11(9,10)8-7-5-3-2-4-6-7;8-4-1-7(2-5-9)3-6-10;1-6(8)7-2-4-9-5-3-7;1-5(8)7-4-2-3-6(7)9;1-10(7,8)6-2-4-9-5-3-6;1-3-6-4-2-5-1;2-1(3)4;5*1-5(2,3)4;/h3-10H,1-2H3,(H3,16,17,18);4-7H,3,8-9H2,1-2H3;2-6,8H,1H3;8-10H,1-6H2;2-5H2,1H3;2-4H2,1H3;2-5H2,1H3;5H,1-4H2;(H5,2,3,4);5*1H3,(H,2,3,4);/q;;;;;;;;;;;;;;+1/p-1. The number of aliphatic hydroxyl groups is 3. The first-order valence-electron chi connectivity index (χ1n) is 34.6. The minimum Gasteiger partial charge on any atom is -0.748 e. The van der Waals surface area contributed by atoms with Gasteiger partial charge in [-0.25, -0.2) is 77.7 Å². The first-order valence-corrected chi connectivity index (χ1v) is 49.5. The van der Waals surface area contributed by atoms with Crippen molar-refractivity contribution < 1.29 is 194 Å². The number of hydrogen-bond donors (Lipinski definition) is 12. The molecule has 0 spiro atoms. The summed E-state index contributed by atoms with van der Waals surface area (Å²) in [5, 5.41) is 35.5. The molecule has 0 atom stereocenters. The van der Waals surface area contributed by atoms with Crippen LogP contribution in [0.2, 0.25) is 0 Å². The zero-order valence-electron chi connectivity index (χ0n) is 69.5. The number of rotatable bonds is 17. The number of nitrogens with two attached hydrogens (primary N) is 5. The molecule has 17 N–H and O–H groups in total. The van der Waals surface area contributed by atoms with Crippen LogP contribution >= 0.6 is 0 Å². The van der Waals surface area contributed by atoms with Crippen molar-refractivity contribution in [1.82, 2.24) is 14.1 Å². The van der Waals surface area contributed by atoms with Gasteiger partial charge in [0.2, 0.25) is 37.8 Å². The molecule has 4 aliphatic heterocycles. The summed E-state index contributed by atoms with van der Waals surface area (Å²) in [4.78, 5) is 39.2. The largest absolute Gasteiger partial charge is 1.00 e. The van der Waals surface area contributed by atoms with Gasteiger partial charge >= 0.3 is 41.5 Å². The summed E-state index contributed by atoms with van der Waals surface area (Å²) in [5.74, 6) is 2.08. The van der Waals surface area contributed by atoms with Gasteiger partial charge in [0.05, 0.1) is 155 Å². The van der Waals surface area contributed by atoms with Gasteiger partial charge in [0.25, 0.3) is 0 Å². The number of aliphatic hydroxyl groups excluding tert-OH is 3. The fourth-order valence-corrected chi connectivity index (χ4v) is 9.84. The molecule has 0 unspecified atom stereocenters. The number of benzene rings is 4. The number of amides is 3. The number of sulfonamides is 2. The summed E-state index contributed by atoms with van der Waals surface area (Å²) >= 11 is 0. The molecular formula is C66H121N12NaO32S8. The second kappa shape index (κ2) is 69.9. The number of anilines is 2. The van der Waals surface area contributed by atoms with E-state index in [-0.39, 0.29) is 78.8 Å². The smallest absolute Gasteiger partial charge is 0.748 e. The maximum atomic E-state index is 10.9. The molecule has 4 aliphatic rings. The van der Waals surface area contributed by atoms with E-state index < -0.39 is 80.5 Å². The first-order chi connectivity index (χ1) is 54.0. The topological polar surface area (TPSA) is 719 Å². The second-order valence-electron chi connectivity index (χ2n) is 24.3. The Morgan fingerprint density at radius 1 is 0.563 bits per heavy atom. The molecule has 8 rings (SSSR count). The van der Waals surface area contributed by atoms with Crippen LogP contribution in [0.3, 0.4) is 0 Å². The fraction of sp³-hybridized carbons (Fsp3) is 0.561. The quantitative estimate of drug-likeness (QED) is 0.0154. The number of nitrogens with zero attached hydrogens (tertiary/aromatic N) is 3. The van der Waals surface area contributed by atoms with E-state index in [4.69, 9.17) is 110 Å². The zero-order chi connectivity index (χ0) is 92.6. The van der Waals surface area contributed by atoms with Gasteiger partial charge in [0, 0.05) is 96.2 Å². The Bertz CT molecular complexity index is 4160. The molecule has 4 saturated heterocycles. The predicted octanol–water partition coefficient (Wildman–Crippen LogP) is -11.4. The number of nitrogens with one attached hydrogen (secondary N) is 4. The third-order valence-corrected chi connectivity index (χ3v) is 15.5. The molecule has 3 amide bonds. The number of ether oxygens (including phenoxy) is 5. The van der Waals surface area contributed by atoms with E-state index >= 15 is 0 Å². The van der Waals surface area contributed by atoms with Crippen molar-refractivity contribution in [2.24, 2.45) is 17.2 Å². The number of morpholine rings is 3. The molecule has 119 heavy (non-hydrogen) atoms. The van der Waals surface area contributed by atoms with Gasteiger partial charge in [-0.2, -0.15) is 4.31 Å². The van der Waals surface area contributed by atoms with Crippen LogP contribution in [0.15, 0.2) is 103 Å². The van der Waals surface area contributed by atoms with Crippen LogP contribution in [0, 0.1) is 13.8 Å². The van der Waals surface area contributed by atoms with E-state index in [2.05, 4.69) is 37.2 Å². The normalized spacial score (nSPS) is 13.8. The summed E-state index contributed by atoms with van der Waals surface area (Å²) < 4.78 is 230. The predicted molar refractivity (Wildman–Crippen MR) is 438 cm³/mol. The second-order valence-corrected chi connectivity index (χ2v) is 37.3. The van der Waals surface area contributed by atoms with Crippen LogP contribution in [-0.2, 0) is 109 Å². The minimum absolute atomic E-state index is 0. The SMILES string of the molecule is C1COCC[NH2+]1.CC(=O)N1CCCC1=O.CC(=O)N1CCOCC1.COc1ccc(OCCCS(C)(=O)=O)cc1.CS(=O)(=O)N1CCOCC1.CS(=O)(=O)Nc1ccccc1.CS(=O)(=O)[O-].CS(=O)(=O)[O-].CS(=O)(=O)[O-].CS(=O)(=O)[O-].CS(=O)(=O)[O-].Cc1ccccc1NC(N)=[NH+]c1ccccc1C.NC(N)=[NH2+].OCC[NH+](CCO)CCO.[Na+]. The maximum Gasteiger partial charge on any atom is 1.00 e. The van der Waals surface area contributed by atoms with Gasteiger partial charge < -0.3 is 76.9 Å². The number of sulfone groups is 1. The minimum atomic E-state index is -3.92. The van der Waals surface area contributed by atoms with Gasteiger partial charge in [-0.3, -0.25) is 46.6 Å². The van der Waals surface area contributed by atoms with Crippen molar-refractivity contribution >= 4 is 127 Å². The monoisotopic (exact) mass is 1870 g/mol. The summed E-state index contributed by atoms with van der Waals surface area (Å²) in [6.45, 7) is 19.4. The molecule has 4 heterocycles. The average molecular weight is 1870 g/mol. The molecule has 0 bridgehead atoms.